The lowest BCUT2D eigenvalue weighted by Crippen LogP contribution is -2.03. The lowest BCUT2D eigenvalue weighted by molar-refractivity contribution is 0.556. The van der Waals surface area contributed by atoms with Gasteiger partial charge in [-0.3, -0.25) is 0 Å². The maximum Gasteiger partial charge on any atom is 0.164 e. The topological polar surface area (TPSA) is 38.7 Å². The predicted octanol–water partition coefficient (Wildman–Crippen LogP) is 8.36. The summed E-state index contributed by atoms with van der Waals surface area (Å²) in [6.45, 7) is 2.28. The number of rotatable bonds is 14. The molecule has 0 aliphatic heterocycles. The summed E-state index contributed by atoms with van der Waals surface area (Å²) in [7, 11) is 2.09. The fourth-order valence-electron chi connectivity index (χ4n) is 4.70. The number of hydrogen-bond donors (Lipinski definition) is 0. The first-order valence-corrected chi connectivity index (χ1v) is 15.1. The van der Waals surface area contributed by atoms with E-state index < -0.39 is 0 Å². The lowest BCUT2D eigenvalue weighted by atomic mass is 9.95. The molecule has 196 valence electrons. The van der Waals surface area contributed by atoms with E-state index in [2.05, 4.69) is 79.2 Å². The van der Waals surface area contributed by atoms with Crippen LogP contribution in [0.5, 0.6) is 0 Å². The minimum Gasteiger partial charge on any atom is -0.208 e. The summed E-state index contributed by atoms with van der Waals surface area (Å²) >= 11 is 3.52. The minimum absolute atomic E-state index is 0.688. The highest BCUT2D eigenvalue weighted by atomic mass is 79.9. The molecule has 38 heavy (non-hydrogen) atoms. The monoisotopic (exact) mass is 567 g/mol. The van der Waals surface area contributed by atoms with Crippen molar-refractivity contribution in [1.82, 2.24) is 15.0 Å². The SMILES string of the molecule is Bc1ccc(-c2nc(-c3ccc(Br)cc3)nc(-c3ccc(CCCCCCCCCCCC)cc3)n2)cc1. The van der Waals surface area contributed by atoms with Crippen molar-refractivity contribution in [3.05, 3.63) is 82.8 Å². The molecule has 3 aromatic carbocycles. The van der Waals surface area contributed by atoms with E-state index in [4.69, 9.17) is 15.0 Å². The molecule has 1 heterocycles. The second-order valence-corrected chi connectivity index (χ2v) is 11.2. The van der Waals surface area contributed by atoms with E-state index >= 15 is 0 Å². The third kappa shape index (κ3) is 8.63. The molecule has 0 aliphatic rings. The van der Waals surface area contributed by atoms with Gasteiger partial charge in [0.2, 0.25) is 0 Å². The fraction of sp³-hybridized carbons (Fsp3) is 0.364. The standard InChI is InChI=1S/C33H39BBrN3/c1-2-3-4-5-6-7-8-9-10-11-12-25-13-15-26(16-14-25)31-36-32(27-17-21-29(34)22-18-27)38-33(37-31)28-19-23-30(35)24-20-28/h13-24H,2-12,34H2,1H3. The van der Waals surface area contributed by atoms with Crippen molar-refractivity contribution < 1.29 is 0 Å². The molecule has 0 bridgehead atoms. The molecule has 0 unspecified atom stereocenters. The maximum absolute atomic E-state index is 4.87. The summed E-state index contributed by atoms with van der Waals surface area (Å²) in [5.41, 5.74) is 5.59. The van der Waals surface area contributed by atoms with Crippen LogP contribution in [0.25, 0.3) is 34.2 Å². The van der Waals surface area contributed by atoms with Crippen molar-refractivity contribution in [3.8, 4) is 34.2 Å². The fourth-order valence-corrected chi connectivity index (χ4v) is 4.97. The highest BCUT2D eigenvalue weighted by molar-refractivity contribution is 9.10. The zero-order valence-corrected chi connectivity index (χ0v) is 24.5. The van der Waals surface area contributed by atoms with E-state index in [1.807, 2.05) is 24.3 Å². The molecule has 0 atom stereocenters. The highest BCUT2D eigenvalue weighted by Gasteiger charge is 2.12. The maximum atomic E-state index is 4.87. The number of aryl methyl sites for hydroxylation is 1. The van der Waals surface area contributed by atoms with Gasteiger partial charge in [-0.2, -0.15) is 0 Å². The number of halogens is 1. The second-order valence-electron chi connectivity index (χ2n) is 10.3. The van der Waals surface area contributed by atoms with Crippen molar-refractivity contribution >= 4 is 29.2 Å². The van der Waals surface area contributed by atoms with E-state index in [9.17, 15) is 0 Å². The second kappa shape index (κ2) is 15.0. The van der Waals surface area contributed by atoms with Crippen molar-refractivity contribution in [2.24, 2.45) is 0 Å². The van der Waals surface area contributed by atoms with Crippen molar-refractivity contribution in [1.29, 1.82) is 0 Å². The molecular weight excluding hydrogens is 529 g/mol. The van der Waals surface area contributed by atoms with Crippen molar-refractivity contribution in [2.45, 2.75) is 77.6 Å². The Kier molecular flexibility index (Phi) is 11.1. The quantitative estimate of drug-likeness (QED) is 0.113. The van der Waals surface area contributed by atoms with E-state index in [0.29, 0.717) is 17.5 Å². The molecule has 5 heteroatoms. The number of aromatic nitrogens is 3. The van der Waals surface area contributed by atoms with Crippen LogP contribution in [-0.2, 0) is 6.42 Å². The first-order chi connectivity index (χ1) is 18.6. The molecule has 0 N–H and O–H groups in total. The van der Waals surface area contributed by atoms with Crippen LogP contribution in [-0.4, -0.2) is 22.8 Å². The Labute approximate surface area is 238 Å². The Bertz CT molecular complexity index is 1190. The molecule has 0 saturated carbocycles. The summed E-state index contributed by atoms with van der Waals surface area (Å²) < 4.78 is 1.03. The third-order valence-electron chi connectivity index (χ3n) is 7.08. The minimum atomic E-state index is 0.688. The lowest BCUT2D eigenvalue weighted by Gasteiger charge is -2.09. The van der Waals surface area contributed by atoms with E-state index in [1.165, 1.54) is 75.2 Å². The summed E-state index contributed by atoms with van der Waals surface area (Å²) in [5, 5.41) is 0. The number of nitrogens with zero attached hydrogens (tertiary/aromatic N) is 3. The largest absolute Gasteiger partial charge is 0.208 e. The van der Waals surface area contributed by atoms with Gasteiger partial charge in [-0.15, -0.1) is 0 Å². The Morgan fingerprint density at radius 1 is 0.526 bits per heavy atom. The Morgan fingerprint density at radius 3 is 1.39 bits per heavy atom. The average Bonchev–Trinajstić information content (AvgIpc) is 2.95. The van der Waals surface area contributed by atoms with E-state index in [0.717, 1.165) is 27.6 Å². The predicted molar refractivity (Wildman–Crippen MR) is 168 cm³/mol. The average molecular weight is 568 g/mol. The van der Waals surface area contributed by atoms with Crippen LogP contribution < -0.4 is 5.46 Å². The zero-order valence-electron chi connectivity index (χ0n) is 22.9. The molecular formula is C33H39BBrN3. The van der Waals surface area contributed by atoms with Gasteiger partial charge in [-0.05, 0) is 30.5 Å². The van der Waals surface area contributed by atoms with Gasteiger partial charge in [-0.25, -0.2) is 15.0 Å². The number of benzene rings is 3. The van der Waals surface area contributed by atoms with Gasteiger partial charge in [0, 0.05) is 21.2 Å². The molecule has 0 fully saturated rings. The van der Waals surface area contributed by atoms with Gasteiger partial charge >= 0.3 is 0 Å². The van der Waals surface area contributed by atoms with E-state index in [1.54, 1.807) is 0 Å². The smallest absolute Gasteiger partial charge is 0.164 e. The van der Waals surface area contributed by atoms with Crippen LogP contribution in [0, 0.1) is 0 Å². The Hall–Kier alpha value is -2.79. The van der Waals surface area contributed by atoms with Crippen LogP contribution in [0.4, 0.5) is 0 Å². The molecule has 4 aromatic rings. The molecule has 0 aliphatic carbocycles. The summed E-state index contributed by atoms with van der Waals surface area (Å²) in [5.74, 6) is 2.09. The van der Waals surface area contributed by atoms with Crippen LogP contribution in [0.2, 0.25) is 0 Å². The van der Waals surface area contributed by atoms with Crippen LogP contribution in [0.3, 0.4) is 0 Å². The third-order valence-corrected chi connectivity index (χ3v) is 7.61. The van der Waals surface area contributed by atoms with Gasteiger partial charge < -0.3 is 0 Å². The first kappa shape index (κ1) is 28.2. The summed E-state index contributed by atoms with van der Waals surface area (Å²) in [4.78, 5) is 14.6. The zero-order chi connectivity index (χ0) is 26.6. The van der Waals surface area contributed by atoms with Gasteiger partial charge in [0.05, 0.1) is 0 Å². The summed E-state index contributed by atoms with van der Waals surface area (Å²) in [6, 6.07) is 25.3. The Morgan fingerprint density at radius 2 is 0.921 bits per heavy atom. The normalized spacial score (nSPS) is 11.1. The molecule has 0 saturated heterocycles. The van der Waals surface area contributed by atoms with Crippen molar-refractivity contribution in [3.63, 3.8) is 0 Å². The van der Waals surface area contributed by atoms with Gasteiger partial charge in [-0.1, -0.05) is 147 Å². The molecule has 0 spiro atoms. The highest BCUT2D eigenvalue weighted by Crippen LogP contribution is 2.26. The molecule has 4 rings (SSSR count). The first-order valence-electron chi connectivity index (χ1n) is 14.3. The van der Waals surface area contributed by atoms with Gasteiger partial charge in [0.15, 0.2) is 17.5 Å². The molecule has 3 nitrogen and oxygen atoms in total. The van der Waals surface area contributed by atoms with Crippen LogP contribution in [0.15, 0.2) is 77.3 Å². The Balaban J connectivity index is 1.40. The summed E-state index contributed by atoms with van der Waals surface area (Å²) in [6.07, 6.45) is 14.8. The van der Waals surface area contributed by atoms with E-state index in [-0.39, 0.29) is 0 Å². The van der Waals surface area contributed by atoms with Crippen molar-refractivity contribution in [2.75, 3.05) is 0 Å². The number of unbranched alkanes of at least 4 members (excludes halogenated alkanes) is 9. The molecule has 1 aromatic heterocycles. The van der Waals surface area contributed by atoms with Crippen LogP contribution in [0.1, 0.15) is 76.7 Å². The van der Waals surface area contributed by atoms with Gasteiger partial charge in [0.25, 0.3) is 0 Å². The molecule has 0 radical (unpaired) electrons. The molecule has 0 amide bonds. The van der Waals surface area contributed by atoms with Gasteiger partial charge in [0.1, 0.15) is 7.85 Å². The number of hydrogen-bond acceptors (Lipinski definition) is 3. The van der Waals surface area contributed by atoms with Crippen LogP contribution >= 0.6 is 15.9 Å².